The summed E-state index contributed by atoms with van der Waals surface area (Å²) in [4.78, 5) is 13.2. The second kappa shape index (κ2) is 9.58. The molecule has 0 radical (unpaired) electrons. The summed E-state index contributed by atoms with van der Waals surface area (Å²) in [6.07, 6.45) is 0. The van der Waals surface area contributed by atoms with E-state index >= 15 is 0 Å². The number of nitrogens with zero attached hydrogens (tertiary/aromatic N) is 5. The predicted molar refractivity (Wildman–Crippen MR) is 123 cm³/mol. The molecule has 4 rings (SSSR count). The van der Waals surface area contributed by atoms with E-state index in [1.165, 1.54) is 23.5 Å². The number of ether oxygens (including phenoxy) is 2. The number of nitro groups is 1. The van der Waals surface area contributed by atoms with Crippen LogP contribution in [0.3, 0.4) is 0 Å². The number of rotatable bonds is 8. The number of aromatic nitrogens is 3. The lowest BCUT2D eigenvalue weighted by molar-refractivity contribution is -0.385. The maximum Gasteiger partial charge on any atom is 0.270 e. The molecule has 1 aliphatic heterocycles. The maximum atomic E-state index is 11.3. The van der Waals surface area contributed by atoms with Crippen LogP contribution in [0.1, 0.15) is 25.0 Å². The number of non-ortho nitro benzene ring substituents is 1. The fourth-order valence-electron chi connectivity index (χ4n) is 3.74. The zero-order valence-corrected chi connectivity index (χ0v) is 19.1. The monoisotopic (exact) mass is 455 g/mol. The van der Waals surface area contributed by atoms with Gasteiger partial charge in [0.1, 0.15) is 5.75 Å². The normalized spacial score (nSPS) is 12.8. The van der Waals surface area contributed by atoms with Crippen molar-refractivity contribution in [2.45, 2.75) is 31.4 Å². The highest BCUT2D eigenvalue weighted by atomic mass is 32.2. The van der Waals surface area contributed by atoms with Crippen LogP contribution in [0, 0.1) is 10.1 Å². The molecule has 0 bridgehead atoms. The van der Waals surface area contributed by atoms with Crippen LogP contribution >= 0.6 is 11.8 Å². The van der Waals surface area contributed by atoms with Crippen LogP contribution in [-0.4, -0.2) is 39.6 Å². The van der Waals surface area contributed by atoms with Gasteiger partial charge in [-0.15, -0.1) is 10.2 Å². The maximum absolute atomic E-state index is 11.3. The van der Waals surface area contributed by atoms with Crippen LogP contribution in [0.2, 0.25) is 0 Å². The molecule has 0 spiro atoms. The molecular formula is C22H25N5O4S. The van der Waals surface area contributed by atoms with E-state index in [1.54, 1.807) is 6.07 Å². The lowest BCUT2D eigenvalue weighted by Gasteiger charge is -2.21. The minimum atomic E-state index is -0.397. The van der Waals surface area contributed by atoms with Crippen molar-refractivity contribution in [3.05, 3.63) is 57.6 Å². The van der Waals surface area contributed by atoms with Gasteiger partial charge in [0.2, 0.25) is 0 Å². The molecule has 0 N–H and O–H groups in total. The highest BCUT2D eigenvalue weighted by Gasteiger charge is 2.22. The summed E-state index contributed by atoms with van der Waals surface area (Å²) in [5.74, 6) is 1.89. The van der Waals surface area contributed by atoms with E-state index in [0.29, 0.717) is 23.7 Å². The molecule has 9 nitrogen and oxygen atoms in total. The van der Waals surface area contributed by atoms with Gasteiger partial charge in [-0.2, -0.15) is 0 Å². The van der Waals surface area contributed by atoms with Gasteiger partial charge in [-0.1, -0.05) is 11.8 Å². The molecule has 3 aromatic rings. The summed E-state index contributed by atoms with van der Waals surface area (Å²) < 4.78 is 12.8. The number of thioether (sulfide) groups is 1. The first-order valence-electron chi connectivity index (χ1n) is 10.4. The van der Waals surface area contributed by atoms with E-state index in [4.69, 9.17) is 9.47 Å². The van der Waals surface area contributed by atoms with Gasteiger partial charge in [-0.05, 0) is 38.1 Å². The summed E-state index contributed by atoms with van der Waals surface area (Å²) in [7, 11) is 1.92. The van der Waals surface area contributed by atoms with Crippen LogP contribution in [0.5, 0.6) is 5.75 Å². The Morgan fingerprint density at radius 1 is 1.19 bits per heavy atom. The number of benzene rings is 2. The minimum absolute atomic E-state index is 0.0281. The quantitative estimate of drug-likeness (QED) is 0.280. The number of fused-ring (bicyclic) bond motifs is 1. The van der Waals surface area contributed by atoms with Crippen molar-refractivity contribution in [3.63, 3.8) is 0 Å². The molecular weight excluding hydrogens is 430 g/mol. The third kappa shape index (κ3) is 4.42. The molecule has 0 amide bonds. The number of hydrogen-bond acceptors (Lipinski definition) is 8. The Morgan fingerprint density at radius 3 is 2.62 bits per heavy atom. The van der Waals surface area contributed by atoms with Gasteiger partial charge in [0.25, 0.3) is 5.69 Å². The standard InChI is InChI=1S/C22H25N5O4S/c1-4-26(5-2)18-8-6-15(7-9-18)21-23-24-22(25(21)3)32-13-17-11-19(27(28)29)10-16-12-30-14-31-20(16)17/h6-11H,4-5,12-14H2,1-3H3. The largest absolute Gasteiger partial charge is 0.467 e. The Labute approximate surface area is 190 Å². The van der Waals surface area contributed by atoms with E-state index in [2.05, 4.69) is 53.2 Å². The summed E-state index contributed by atoms with van der Waals surface area (Å²) in [5.41, 5.74) is 3.62. The number of anilines is 1. The van der Waals surface area contributed by atoms with E-state index in [1.807, 2.05) is 11.6 Å². The minimum Gasteiger partial charge on any atom is -0.467 e. The molecule has 32 heavy (non-hydrogen) atoms. The number of nitro benzene ring substituents is 1. The third-order valence-electron chi connectivity index (χ3n) is 5.43. The SMILES string of the molecule is CCN(CC)c1ccc(-c2nnc(SCc3cc([N+](=O)[O-])cc4c3OCOC4)n2C)cc1. The van der Waals surface area contributed by atoms with Crippen molar-refractivity contribution in [3.8, 4) is 17.1 Å². The molecule has 0 saturated carbocycles. The van der Waals surface area contributed by atoms with Crippen molar-refractivity contribution in [1.82, 2.24) is 14.8 Å². The second-order valence-electron chi connectivity index (χ2n) is 7.33. The Kier molecular flexibility index (Phi) is 6.61. The van der Waals surface area contributed by atoms with E-state index < -0.39 is 4.92 Å². The van der Waals surface area contributed by atoms with Gasteiger partial charge in [-0.3, -0.25) is 10.1 Å². The first-order valence-corrected chi connectivity index (χ1v) is 11.4. The van der Waals surface area contributed by atoms with Gasteiger partial charge in [0, 0.05) is 60.4 Å². The van der Waals surface area contributed by atoms with Crippen LogP contribution in [-0.2, 0) is 24.1 Å². The van der Waals surface area contributed by atoms with Crippen LogP contribution in [0.25, 0.3) is 11.4 Å². The van der Waals surface area contributed by atoms with Gasteiger partial charge in [-0.25, -0.2) is 0 Å². The predicted octanol–water partition coefficient (Wildman–Crippen LogP) is 4.40. The Bertz CT molecular complexity index is 1110. The molecule has 0 fully saturated rings. The second-order valence-corrected chi connectivity index (χ2v) is 8.28. The Hall–Kier alpha value is -3.11. The van der Waals surface area contributed by atoms with Gasteiger partial charge in [0.15, 0.2) is 17.8 Å². The average molecular weight is 456 g/mol. The van der Waals surface area contributed by atoms with Crippen LogP contribution < -0.4 is 9.64 Å². The fraction of sp³-hybridized carbons (Fsp3) is 0.364. The lowest BCUT2D eigenvalue weighted by Crippen LogP contribution is -2.21. The summed E-state index contributed by atoms with van der Waals surface area (Å²) in [6, 6.07) is 11.4. The molecule has 1 aliphatic rings. The Balaban J connectivity index is 1.54. The van der Waals surface area contributed by atoms with Crippen molar-refractivity contribution < 1.29 is 14.4 Å². The fourth-order valence-corrected chi connectivity index (χ4v) is 4.62. The van der Waals surface area contributed by atoms with E-state index in [-0.39, 0.29) is 12.5 Å². The van der Waals surface area contributed by atoms with Crippen molar-refractivity contribution in [1.29, 1.82) is 0 Å². The third-order valence-corrected chi connectivity index (χ3v) is 6.50. The molecule has 0 aliphatic carbocycles. The molecule has 2 heterocycles. The molecule has 0 saturated heterocycles. The van der Waals surface area contributed by atoms with E-state index in [0.717, 1.165) is 35.2 Å². The van der Waals surface area contributed by atoms with E-state index in [9.17, 15) is 10.1 Å². The molecule has 1 aromatic heterocycles. The summed E-state index contributed by atoms with van der Waals surface area (Å²) in [6.45, 7) is 6.63. The molecule has 2 aromatic carbocycles. The summed E-state index contributed by atoms with van der Waals surface area (Å²) >= 11 is 1.46. The lowest BCUT2D eigenvalue weighted by atomic mass is 10.1. The summed E-state index contributed by atoms with van der Waals surface area (Å²) in [5, 5.41) is 20.7. The highest BCUT2D eigenvalue weighted by Crippen LogP contribution is 2.36. The molecule has 168 valence electrons. The average Bonchev–Trinajstić information content (AvgIpc) is 3.18. The smallest absolute Gasteiger partial charge is 0.270 e. The topological polar surface area (TPSA) is 95.6 Å². The van der Waals surface area contributed by atoms with Crippen LogP contribution in [0.15, 0.2) is 41.6 Å². The van der Waals surface area contributed by atoms with Crippen molar-refractivity contribution in [2.75, 3.05) is 24.8 Å². The zero-order valence-electron chi connectivity index (χ0n) is 18.3. The highest BCUT2D eigenvalue weighted by molar-refractivity contribution is 7.98. The molecule has 0 atom stereocenters. The molecule has 10 heteroatoms. The van der Waals surface area contributed by atoms with Gasteiger partial charge >= 0.3 is 0 Å². The van der Waals surface area contributed by atoms with Crippen LogP contribution in [0.4, 0.5) is 11.4 Å². The first kappa shape index (κ1) is 22.1. The van der Waals surface area contributed by atoms with Crippen molar-refractivity contribution >= 4 is 23.1 Å². The zero-order chi connectivity index (χ0) is 22.7. The Morgan fingerprint density at radius 2 is 1.94 bits per heavy atom. The van der Waals surface area contributed by atoms with Gasteiger partial charge in [0.05, 0.1) is 11.5 Å². The first-order chi connectivity index (χ1) is 15.5. The molecule has 0 unspecified atom stereocenters. The number of hydrogen-bond donors (Lipinski definition) is 0. The van der Waals surface area contributed by atoms with Gasteiger partial charge < -0.3 is 18.9 Å². The van der Waals surface area contributed by atoms with Crippen molar-refractivity contribution in [2.24, 2.45) is 7.05 Å².